The van der Waals surface area contributed by atoms with E-state index in [1.54, 1.807) is 0 Å². The molecule has 0 radical (unpaired) electrons. The molecule has 0 aromatic carbocycles. The fourth-order valence-electron chi connectivity index (χ4n) is 1.70. The Balaban J connectivity index is 1.89. The largest absolute Gasteiger partial charge is 0.380 e. The van der Waals surface area contributed by atoms with E-state index in [1.807, 2.05) is 24.1 Å². The van der Waals surface area contributed by atoms with Crippen LogP contribution >= 0.6 is 0 Å². The van der Waals surface area contributed by atoms with Crippen LogP contribution in [0.15, 0.2) is 12.4 Å². The number of nitrogens with zero attached hydrogens (tertiary/aromatic N) is 2. The first kappa shape index (κ1) is 8.56. The average molecular weight is 180 g/mol. The SMILES string of the molecule is Cn1cc(NC2CCNCC2)cn1. The molecule has 1 aliphatic heterocycles. The Morgan fingerprint density at radius 1 is 1.54 bits per heavy atom. The lowest BCUT2D eigenvalue weighted by Crippen LogP contribution is -2.35. The minimum atomic E-state index is 0.616. The highest BCUT2D eigenvalue weighted by atomic mass is 15.3. The van der Waals surface area contributed by atoms with Crippen LogP contribution in [-0.2, 0) is 7.05 Å². The van der Waals surface area contributed by atoms with Gasteiger partial charge in [-0.1, -0.05) is 0 Å². The molecule has 1 aliphatic rings. The Labute approximate surface area is 78.3 Å². The summed E-state index contributed by atoms with van der Waals surface area (Å²) in [6.07, 6.45) is 6.30. The van der Waals surface area contributed by atoms with Gasteiger partial charge in [0.05, 0.1) is 11.9 Å². The molecule has 72 valence electrons. The molecule has 0 saturated carbocycles. The van der Waals surface area contributed by atoms with Gasteiger partial charge in [0.1, 0.15) is 0 Å². The zero-order valence-electron chi connectivity index (χ0n) is 7.95. The van der Waals surface area contributed by atoms with E-state index in [0.717, 1.165) is 18.8 Å². The van der Waals surface area contributed by atoms with Gasteiger partial charge in [-0.2, -0.15) is 5.10 Å². The molecule has 4 heteroatoms. The smallest absolute Gasteiger partial charge is 0.0728 e. The molecule has 0 bridgehead atoms. The lowest BCUT2D eigenvalue weighted by molar-refractivity contribution is 0.479. The molecule has 0 aliphatic carbocycles. The monoisotopic (exact) mass is 180 g/mol. The Bertz CT molecular complexity index is 262. The van der Waals surface area contributed by atoms with Crippen molar-refractivity contribution in [3.8, 4) is 0 Å². The first-order valence-electron chi connectivity index (χ1n) is 4.80. The first-order chi connectivity index (χ1) is 6.34. The van der Waals surface area contributed by atoms with Crippen LogP contribution in [0, 0.1) is 0 Å². The summed E-state index contributed by atoms with van der Waals surface area (Å²) in [5, 5.41) is 10.9. The van der Waals surface area contributed by atoms with Crippen molar-refractivity contribution in [1.82, 2.24) is 15.1 Å². The third-order valence-electron chi connectivity index (χ3n) is 2.41. The van der Waals surface area contributed by atoms with Gasteiger partial charge >= 0.3 is 0 Å². The molecule has 1 aromatic heterocycles. The van der Waals surface area contributed by atoms with Gasteiger partial charge in [-0.25, -0.2) is 0 Å². The standard InChI is InChI=1S/C9H16N4/c1-13-7-9(6-11-13)12-8-2-4-10-5-3-8/h6-8,10,12H,2-5H2,1H3. The molecule has 0 spiro atoms. The maximum Gasteiger partial charge on any atom is 0.0728 e. The first-order valence-corrected chi connectivity index (χ1v) is 4.80. The number of hydrogen-bond acceptors (Lipinski definition) is 3. The fraction of sp³-hybridized carbons (Fsp3) is 0.667. The molecule has 1 aromatic rings. The molecule has 0 amide bonds. The van der Waals surface area contributed by atoms with E-state index in [9.17, 15) is 0 Å². The second-order valence-electron chi connectivity index (χ2n) is 3.57. The van der Waals surface area contributed by atoms with E-state index >= 15 is 0 Å². The van der Waals surface area contributed by atoms with Crippen LogP contribution in [0.2, 0.25) is 0 Å². The lowest BCUT2D eigenvalue weighted by atomic mass is 10.1. The maximum absolute atomic E-state index is 4.12. The number of rotatable bonds is 2. The Morgan fingerprint density at radius 3 is 2.92 bits per heavy atom. The van der Waals surface area contributed by atoms with E-state index < -0.39 is 0 Å². The molecule has 4 nitrogen and oxygen atoms in total. The molecule has 2 N–H and O–H groups in total. The lowest BCUT2D eigenvalue weighted by Gasteiger charge is -2.23. The number of nitrogens with one attached hydrogen (secondary N) is 2. The van der Waals surface area contributed by atoms with Gasteiger partial charge in [0.15, 0.2) is 0 Å². The molecule has 1 saturated heterocycles. The molecule has 0 unspecified atom stereocenters. The summed E-state index contributed by atoms with van der Waals surface area (Å²) < 4.78 is 1.82. The quantitative estimate of drug-likeness (QED) is 0.699. The van der Waals surface area contributed by atoms with Crippen molar-refractivity contribution >= 4 is 5.69 Å². The summed E-state index contributed by atoms with van der Waals surface area (Å²) >= 11 is 0. The van der Waals surface area contributed by atoms with E-state index in [-0.39, 0.29) is 0 Å². The zero-order valence-corrected chi connectivity index (χ0v) is 7.95. The molecular formula is C9H16N4. The van der Waals surface area contributed by atoms with E-state index in [4.69, 9.17) is 0 Å². The van der Waals surface area contributed by atoms with E-state index in [1.165, 1.54) is 12.8 Å². The summed E-state index contributed by atoms with van der Waals surface area (Å²) in [4.78, 5) is 0. The van der Waals surface area contributed by atoms with Crippen molar-refractivity contribution in [2.24, 2.45) is 7.05 Å². The number of aryl methyl sites for hydroxylation is 1. The van der Waals surface area contributed by atoms with Gasteiger partial charge in [0.25, 0.3) is 0 Å². The number of hydrogen-bond donors (Lipinski definition) is 2. The molecule has 0 atom stereocenters. The topological polar surface area (TPSA) is 41.9 Å². The predicted molar refractivity (Wildman–Crippen MR) is 52.7 cm³/mol. The van der Waals surface area contributed by atoms with Crippen molar-refractivity contribution in [2.75, 3.05) is 18.4 Å². The van der Waals surface area contributed by atoms with Crippen molar-refractivity contribution in [3.05, 3.63) is 12.4 Å². The fourth-order valence-corrected chi connectivity index (χ4v) is 1.70. The van der Waals surface area contributed by atoms with Crippen LogP contribution in [0.5, 0.6) is 0 Å². The third-order valence-corrected chi connectivity index (χ3v) is 2.41. The second-order valence-corrected chi connectivity index (χ2v) is 3.57. The Hall–Kier alpha value is -1.03. The van der Waals surface area contributed by atoms with E-state index in [2.05, 4.69) is 15.7 Å². The third kappa shape index (κ3) is 2.21. The summed E-state index contributed by atoms with van der Waals surface area (Å²) in [5.74, 6) is 0. The van der Waals surface area contributed by atoms with Crippen molar-refractivity contribution in [2.45, 2.75) is 18.9 Å². The number of piperidine rings is 1. The van der Waals surface area contributed by atoms with Gasteiger partial charge in [-0.3, -0.25) is 4.68 Å². The summed E-state index contributed by atoms with van der Waals surface area (Å²) in [6.45, 7) is 2.25. The van der Waals surface area contributed by atoms with Crippen LogP contribution in [0.4, 0.5) is 5.69 Å². The van der Waals surface area contributed by atoms with Crippen molar-refractivity contribution in [3.63, 3.8) is 0 Å². The predicted octanol–water partition coefficient (Wildman–Crippen LogP) is 0.584. The van der Waals surface area contributed by atoms with Crippen LogP contribution in [0.25, 0.3) is 0 Å². The molecule has 1 fully saturated rings. The van der Waals surface area contributed by atoms with Gasteiger partial charge in [-0.15, -0.1) is 0 Å². The van der Waals surface area contributed by atoms with Crippen molar-refractivity contribution in [1.29, 1.82) is 0 Å². The highest BCUT2D eigenvalue weighted by Gasteiger charge is 2.12. The molecular weight excluding hydrogens is 164 g/mol. The minimum absolute atomic E-state index is 0.616. The van der Waals surface area contributed by atoms with Crippen molar-refractivity contribution < 1.29 is 0 Å². The summed E-state index contributed by atoms with van der Waals surface area (Å²) in [5.41, 5.74) is 1.13. The Kier molecular flexibility index (Phi) is 2.49. The Morgan fingerprint density at radius 2 is 2.31 bits per heavy atom. The molecule has 13 heavy (non-hydrogen) atoms. The average Bonchev–Trinajstić information content (AvgIpc) is 2.53. The van der Waals surface area contributed by atoms with Crippen LogP contribution in [0.1, 0.15) is 12.8 Å². The molecule has 2 rings (SSSR count). The minimum Gasteiger partial charge on any atom is -0.380 e. The highest BCUT2D eigenvalue weighted by Crippen LogP contribution is 2.11. The van der Waals surface area contributed by atoms with Crippen LogP contribution in [-0.4, -0.2) is 28.9 Å². The highest BCUT2D eigenvalue weighted by molar-refractivity contribution is 5.39. The van der Waals surface area contributed by atoms with E-state index in [0.29, 0.717) is 6.04 Å². The summed E-state index contributed by atoms with van der Waals surface area (Å²) in [7, 11) is 1.94. The van der Waals surface area contributed by atoms with Gasteiger partial charge < -0.3 is 10.6 Å². The second kappa shape index (κ2) is 3.79. The zero-order chi connectivity index (χ0) is 9.10. The normalized spacial score (nSPS) is 18.8. The van der Waals surface area contributed by atoms with Gasteiger partial charge in [-0.05, 0) is 25.9 Å². The van der Waals surface area contributed by atoms with Gasteiger partial charge in [0.2, 0.25) is 0 Å². The van der Waals surface area contributed by atoms with Crippen LogP contribution in [0.3, 0.4) is 0 Å². The van der Waals surface area contributed by atoms with Gasteiger partial charge in [0, 0.05) is 19.3 Å². The molecule has 2 heterocycles. The number of aromatic nitrogens is 2. The maximum atomic E-state index is 4.12. The number of anilines is 1. The summed E-state index contributed by atoms with van der Waals surface area (Å²) in [6, 6.07) is 0.616. The van der Waals surface area contributed by atoms with Crippen LogP contribution < -0.4 is 10.6 Å².